The largest absolute Gasteiger partial charge is 0.421 e. The lowest BCUT2D eigenvalue weighted by molar-refractivity contribution is 0.567. The topological polar surface area (TPSA) is 56.2 Å². The summed E-state index contributed by atoms with van der Waals surface area (Å²) in [7, 11) is 0. The fraction of sp³-hybridized carbons (Fsp3) is 0. The second-order valence-electron chi connectivity index (χ2n) is 3.69. The number of fused-ring (bicyclic) bond motifs is 3. The highest BCUT2D eigenvalue weighted by Crippen LogP contribution is 2.24. The maximum Gasteiger partial charge on any atom is 0.359 e. The Morgan fingerprint density at radius 2 is 1.75 bits per heavy atom. The molecule has 0 aliphatic heterocycles. The molecule has 0 atom stereocenters. The van der Waals surface area contributed by atoms with Gasteiger partial charge in [-0.15, -0.1) is 0 Å². The van der Waals surface area contributed by atoms with Crippen LogP contribution in [-0.4, -0.2) is 0 Å². The highest BCUT2D eigenvalue weighted by Gasteiger charge is 2.05. The Morgan fingerprint density at radius 1 is 1.00 bits per heavy atom. The van der Waals surface area contributed by atoms with E-state index in [0.29, 0.717) is 5.58 Å². The number of hydrogen-bond donors (Lipinski definition) is 1. The van der Waals surface area contributed by atoms with Crippen molar-refractivity contribution in [3.63, 3.8) is 0 Å². The molecule has 0 bridgehead atoms. The van der Waals surface area contributed by atoms with Gasteiger partial charge in [0.05, 0.1) is 0 Å². The van der Waals surface area contributed by atoms with E-state index in [-0.39, 0.29) is 5.69 Å². The Kier molecular flexibility index (Phi) is 1.74. The molecule has 3 nitrogen and oxygen atoms in total. The van der Waals surface area contributed by atoms with Crippen LogP contribution in [0, 0.1) is 0 Å². The van der Waals surface area contributed by atoms with Gasteiger partial charge in [0.25, 0.3) is 0 Å². The molecule has 78 valence electrons. The summed E-state index contributed by atoms with van der Waals surface area (Å²) in [5.74, 6) is 0. The van der Waals surface area contributed by atoms with Crippen molar-refractivity contribution < 1.29 is 4.42 Å². The van der Waals surface area contributed by atoms with Crippen LogP contribution in [0.2, 0.25) is 0 Å². The molecule has 0 saturated heterocycles. The zero-order chi connectivity index (χ0) is 11.1. The first-order valence-electron chi connectivity index (χ1n) is 4.97. The minimum Gasteiger partial charge on any atom is -0.421 e. The average Bonchev–Trinajstić information content (AvgIpc) is 2.31. The van der Waals surface area contributed by atoms with E-state index in [4.69, 9.17) is 10.2 Å². The predicted molar refractivity (Wildman–Crippen MR) is 64.4 cm³/mol. The molecule has 2 N–H and O–H groups in total. The Hall–Kier alpha value is -2.29. The average molecular weight is 211 g/mol. The van der Waals surface area contributed by atoms with Gasteiger partial charge in [-0.1, -0.05) is 36.4 Å². The summed E-state index contributed by atoms with van der Waals surface area (Å²) < 4.78 is 5.23. The molecule has 0 unspecified atom stereocenters. The Balaban J connectivity index is 2.60. The monoisotopic (exact) mass is 211 g/mol. The van der Waals surface area contributed by atoms with Crippen molar-refractivity contribution in [2.45, 2.75) is 0 Å². The molecule has 1 aromatic heterocycles. The van der Waals surface area contributed by atoms with Gasteiger partial charge in [-0.3, -0.25) is 0 Å². The lowest BCUT2D eigenvalue weighted by Gasteiger charge is -2.02. The number of nitrogens with two attached hydrogens (primary N) is 1. The molecule has 0 saturated carbocycles. The van der Waals surface area contributed by atoms with Crippen molar-refractivity contribution in [2.24, 2.45) is 0 Å². The first-order chi connectivity index (χ1) is 7.75. The molecule has 0 fully saturated rings. The van der Waals surface area contributed by atoms with E-state index in [0.717, 1.165) is 16.2 Å². The third-order valence-electron chi connectivity index (χ3n) is 2.65. The number of anilines is 1. The predicted octanol–water partition coefficient (Wildman–Crippen LogP) is 2.53. The van der Waals surface area contributed by atoms with Crippen molar-refractivity contribution in [3.8, 4) is 0 Å². The van der Waals surface area contributed by atoms with E-state index in [1.165, 1.54) is 0 Å². The van der Waals surface area contributed by atoms with Gasteiger partial charge in [-0.2, -0.15) is 0 Å². The minimum atomic E-state index is -0.483. The van der Waals surface area contributed by atoms with Crippen LogP contribution in [0.5, 0.6) is 0 Å². The highest BCUT2D eigenvalue weighted by molar-refractivity contribution is 6.04. The smallest absolute Gasteiger partial charge is 0.359 e. The summed E-state index contributed by atoms with van der Waals surface area (Å²) in [5.41, 5.74) is 5.78. The van der Waals surface area contributed by atoms with Gasteiger partial charge in [-0.05, 0) is 11.5 Å². The number of benzene rings is 2. The molecule has 1 heterocycles. The van der Waals surface area contributed by atoms with Crippen molar-refractivity contribution >= 4 is 27.4 Å². The second-order valence-corrected chi connectivity index (χ2v) is 3.69. The standard InChI is InChI=1S/C13H9NO2/c14-11-7-9-6-5-8-3-1-2-4-10(8)12(9)16-13(11)15/h1-7H,14H2. The number of nitrogen functional groups attached to an aromatic ring is 1. The normalized spacial score (nSPS) is 11.0. The van der Waals surface area contributed by atoms with Crippen molar-refractivity contribution in [1.82, 2.24) is 0 Å². The van der Waals surface area contributed by atoms with Gasteiger partial charge in [0.1, 0.15) is 11.3 Å². The van der Waals surface area contributed by atoms with Crippen LogP contribution < -0.4 is 11.4 Å². The molecule has 3 rings (SSSR count). The van der Waals surface area contributed by atoms with Crippen molar-refractivity contribution in [1.29, 1.82) is 0 Å². The van der Waals surface area contributed by atoms with Crippen LogP contribution in [0.25, 0.3) is 21.7 Å². The summed E-state index contributed by atoms with van der Waals surface area (Å²) in [6.45, 7) is 0. The zero-order valence-electron chi connectivity index (χ0n) is 8.44. The van der Waals surface area contributed by atoms with Crippen LogP contribution in [-0.2, 0) is 0 Å². The molecule has 16 heavy (non-hydrogen) atoms. The molecule has 0 amide bonds. The van der Waals surface area contributed by atoms with Crippen LogP contribution >= 0.6 is 0 Å². The van der Waals surface area contributed by atoms with E-state index in [1.54, 1.807) is 6.07 Å². The van der Waals surface area contributed by atoms with Crippen LogP contribution in [0.1, 0.15) is 0 Å². The quantitative estimate of drug-likeness (QED) is 0.459. The third kappa shape index (κ3) is 1.18. The Morgan fingerprint density at radius 3 is 2.62 bits per heavy atom. The Bertz CT molecular complexity index is 744. The molecule has 0 aliphatic rings. The molecule has 3 aromatic rings. The molecular weight excluding hydrogens is 202 g/mol. The van der Waals surface area contributed by atoms with Gasteiger partial charge in [0.15, 0.2) is 0 Å². The van der Waals surface area contributed by atoms with Crippen molar-refractivity contribution in [2.75, 3.05) is 5.73 Å². The molecule has 0 radical (unpaired) electrons. The molecule has 0 spiro atoms. The van der Waals surface area contributed by atoms with E-state index < -0.39 is 5.63 Å². The van der Waals surface area contributed by atoms with Crippen LogP contribution in [0.4, 0.5) is 5.69 Å². The summed E-state index contributed by atoms with van der Waals surface area (Å²) >= 11 is 0. The van der Waals surface area contributed by atoms with Gasteiger partial charge >= 0.3 is 5.63 Å². The zero-order valence-corrected chi connectivity index (χ0v) is 8.44. The first kappa shape index (κ1) is 8.97. The molecular formula is C13H9NO2. The molecule has 3 heteroatoms. The molecule has 2 aromatic carbocycles. The second kappa shape index (κ2) is 3.10. The van der Waals surface area contributed by atoms with Gasteiger partial charge < -0.3 is 10.2 Å². The van der Waals surface area contributed by atoms with E-state index >= 15 is 0 Å². The lowest BCUT2D eigenvalue weighted by atomic mass is 10.1. The summed E-state index contributed by atoms with van der Waals surface area (Å²) in [6.07, 6.45) is 0. The van der Waals surface area contributed by atoms with Gasteiger partial charge in [-0.25, -0.2) is 4.79 Å². The maximum absolute atomic E-state index is 11.4. The third-order valence-corrected chi connectivity index (χ3v) is 2.65. The first-order valence-corrected chi connectivity index (χ1v) is 4.97. The lowest BCUT2D eigenvalue weighted by Crippen LogP contribution is -2.05. The summed E-state index contributed by atoms with van der Waals surface area (Å²) in [6, 6.07) is 13.3. The highest BCUT2D eigenvalue weighted by atomic mass is 16.4. The fourth-order valence-electron chi connectivity index (χ4n) is 1.87. The van der Waals surface area contributed by atoms with Gasteiger partial charge in [0, 0.05) is 10.8 Å². The van der Waals surface area contributed by atoms with Gasteiger partial charge in [0.2, 0.25) is 0 Å². The minimum absolute atomic E-state index is 0.141. The van der Waals surface area contributed by atoms with E-state index in [9.17, 15) is 4.79 Å². The van der Waals surface area contributed by atoms with E-state index in [2.05, 4.69) is 0 Å². The molecule has 0 aliphatic carbocycles. The van der Waals surface area contributed by atoms with Crippen LogP contribution in [0.15, 0.2) is 51.7 Å². The van der Waals surface area contributed by atoms with Crippen molar-refractivity contribution in [3.05, 3.63) is 52.9 Å². The summed E-state index contributed by atoms with van der Waals surface area (Å²) in [4.78, 5) is 11.4. The maximum atomic E-state index is 11.4. The van der Waals surface area contributed by atoms with E-state index in [1.807, 2.05) is 36.4 Å². The summed E-state index contributed by atoms with van der Waals surface area (Å²) in [5, 5.41) is 2.82. The Labute approximate surface area is 91.1 Å². The number of rotatable bonds is 0. The number of hydrogen-bond acceptors (Lipinski definition) is 3. The fourth-order valence-corrected chi connectivity index (χ4v) is 1.87. The van der Waals surface area contributed by atoms with Crippen LogP contribution in [0.3, 0.4) is 0 Å². The SMILES string of the molecule is Nc1cc2ccc3ccccc3c2oc1=O.